The van der Waals surface area contributed by atoms with Gasteiger partial charge in [-0.3, -0.25) is 15.0 Å². The predicted molar refractivity (Wildman–Crippen MR) is 76.0 cm³/mol. The van der Waals surface area contributed by atoms with Crippen LogP contribution in [-0.4, -0.2) is 22.9 Å². The van der Waals surface area contributed by atoms with Gasteiger partial charge in [-0.25, -0.2) is 0 Å². The van der Waals surface area contributed by atoms with Crippen LogP contribution in [0.5, 0.6) is 0 Å². The Morgan fingerprint density at radius 2 is 2.05 bits per heavy atom. The van der Waals surface area contributed by atoms with Crippen LogP contribution in [0.1, 0.15) is 38.7 Å². The standard InChI is InChI=1S/C15H21FN2O2/c1-3-15(2)7-9-17(10-8-15)11-12-5-4-6-13(14(12)16)18(19)20/h4-6H,3,7-11H2,1-2H3. The van der Waals surface area contributed by atoms with Crippen molar-refractivity contribution in [1.82, 2.24) is 4.90 Å². The van der Waals surface area contributed by atoms with Crippen LogP contribution >= 0.6 is 0 Å². The number of nitro benzene ring substituents is 1. The number of nitro groups is 1. The zero-order chi connectivity index (χ0) is 14.8. The molecule has 1 aromatic carbocycles. The van der Waals surface area contributed by atoms with Crippen molar-refractivity contribution in [3.63, 3.8) is 0 Å². The van der Waals surface area contributed by atoms with Crippen molar-refractivity contribution in [2.45, 2.75) is 39.7 Å². The highest BCUT2D eigenvalue weighted by atomic mass is 19.1. The summed E-state index contributed by atoms with van der Waals surface area (Å²) in [5.41, 5.74) is 0.370. The van der Waals surface area contributed by atoms with Gasteiger partial charge < -0.3 is 0 Å². The van der Waals surface area contributed by atoms with Crippen molar-refractivity contribution < 1.29 is 9.31 Å². The SMILES string of the molecule is CCC1(C)CCN(Cc2cccc([N+](=O)[O-])c2F)CC1. The summed E-state index contributed by atoms with van der Waals surface area (Å²) in [7, 11) is 0. The van der Waals surface area contributed by atoms with Gasteiger partial charge >= 0.3 is 5.69 Å². The Kier molecular flexibility index (Phi) is 4.38. The molecule has 4 nitrogen and oxygen atoms in total. The van der Waals surface area contributed by atoms with E-state index in [1.165, 1.54) is 6.07 Å². The second-order valence-electron chi connectivity index (χ2n) is 5.95. The first-order valence-corrected chi connectivity index (χ1v) is 7.09. The highest BCUT2D eigenvalue weighted by molar-refractivity contribution is 5.36. The van der Waals surface area contributed by atoms with Gasteiger partial charge in [0.15, 0.2) is 0 Å². The second-order valence-corrected chi connectivity index (χ2v) is 5.95. The molecule has 0 atom stereocenters. The fraction of sp³-hybridized carbons (Fsp3) is 0.600. The Morgan fingerprint density at radius 3 is 2.60 bits per heavy atom. The molecule has 1 saturated heterocycles. The second kappa shape index (κ2) is 5.87. The molecular weight excluding hydrogens is 259 g/mol. The van der Waals surface area contributed by atoms with Crippen molar-refractivity contribution in [3.05, 3.63) is 39.7 Å². The van der Waals surface area contributed by atoms with Crippen molar-refractivity contribution in [1.29, 1.82) is 0 Å². The normalized spacial score (nSPS) is 18.9. The van der Waals surface area contributed by atoms with Crippen molar-refractivity contribution in [2.75, 3.05) is 13.1 Å². The summed E-state index contributed by atoms with van der Waals surface area (Å²) in [5.74, 6) is -0.693. The Labute approximate surface area is 118 Å². The van der Waals surface area contributed by atoms with E-state index in [0.717, 1.165) is 32.4 Å². The van der Waals surface area contributed by atoms with E-state index in [-0.39, 0.29) is 0 Å². The largest absolute Gasteiger partial charge is 0.305 e. The summed E-state index contributed by atoms with van der Waals surface area (Å²) in [5, 5.41) is 10.7. The molecule has 1 heterocycles. The van der Waals surface area contributed by atoms with Crippen LogP contribution in [0.3, 0.4) is 0 Å². The van der Waals surface area contributed by atoms with Gasteiger partial charge in [0.25, 0.3) is 0 Å². The fourth-order valence-electron chi connectivity index (χ4n) is 2.67. The van der Waals surface area contributed by atoms with Crippen LogP contribution in [0.2, 0.25) is 0 Å². The van der Waals surface area contributed by atoms with Gasteiger partial charge in [-0.2, -0.15) is 4.39 Å². The van der Waals surface area contributed by atoms with E-state index in [1.807, 2.05) is 0 Å². The minimum atomic E-state index is -0.693. The van der Waals surface area contributed by atoms with Gasteiger partial charge in [0.1, 0.15) is 0 Å². The molecule has 1 aliphatic rings. The fourth-order valence-corrected chi connectivity index (χ4v) is 2.67. The maximum Gasteiger partial charge on any atom is 0.305 e. The lowest BCUT2D eigenvalue weighted by molar-refractivity contribution is -0.387. The number of piperidine rings is 1. The van der Waals surface area contributed by atoms with E-state index in [2.05, 4.69) is 18.7 Å². The van der Waals surface area contributed by atoms with Crippen molar-refractivity contribution in [3.8, 4) is 0 Å². The smallest absolute Gasteiger partial charge is 0.299 e. The van der Waals surface area contributed by atoms with Crippen LogP contribution in [0.15, 0.2) is 18.2 Å². The van der Waals surface area contributed by atoms with E-state index >= 15 is 0 Å². The van der Waals surface area contributed by atoms with E-state index in [4.69, 9.17) is 0 Å². The first-order chi connectivity index (χ1) is 9.45. The van der Waals surface area contributed by atoms with Crippen molar-refractivity contribution >= 4 is 5.69 Å². The molecule has 2 rings (SSSR count). The van der Waals surface area contributed by atoms with Crippen LogP contribution in [0, 0.1) is 21.3 Å². The zero-order valence-corrected chi connectivity index (χ0v) is 12.1. The lowest BCUT2D eigenvalue weighted by atomic mass is 9.78. The highest BCUT2D eigenvalue weighted by Gasteiger charge is 2.29. The average Bonchev–Trinajstić information content (AvgIpc) is 2.43. The molecule has 0 spiro atoms. The maximum absolute atomic E-state index is 14.0. The van der Waals surface area contributed by atoms with Gasteiger partial charge in [0.2, 0.25) is 5.82 Å². The molecule has 0 saturated carbocycles. The van der Waals surface area contributed by atoms with E-state index in [1.54, 1.807) is 12.1 Å². The van der Waals surface area contributed by atoms with E-state index in [0.29, 0.717) is 17.5 Å². The third-order valence-electron chi connectivity index (χ3n) is 4.57. The molecule has 1 fully saturated rings. The summed E-state index contributed by atoms with van der Waals surface area (Å²) in [6.45, 7) is 6.79. The molecule has 110 valence electrons. The Hall–Kier alpha value is -1.49. The molecule has 0 bridgehead atoms. The Balaban J connectivity index is 2.05. The number of likely N-dealkylation sites (tertiary alicyclic amines) is 1. The molecule has 0 N–H and O–H groups in total. The van der Waals surface area contributed by atoms with E-state index < -0.39 is 16.4 Å². The number of rotatable bonds is 4. The van der Waals surface area contributed by atoms with Crippen LogP contribution in [0.4, 0.5) is 10.1 Å². The van der Waals surface area contributed by atoms with Gasteiger partial charge in [-0.15, -0.1) is 0 Å². The Morgan fingerprint density at radius 1 is 1.40 bits per heavy atom. The minimum Gasteiger partial charge on any atom is -0.299 e. The quantitative estimate of drug-likeness (QED) is 0.623. The van der Waals surface area contributed by atoms with Crippen molar-refractivity contribution in [2.24, 2.45) is 5.41 Å². The third kappa shape index (κ3) is 3.15. The van der Waals surface area contributed by atoms with Gasteiger partial charge in [-0.05, 0) is 31.3 Å². The maximum atomic E-state index is 14.0. The summed E-state index contributed by atoms with van der Waals surface area (Å²) in [6.07, 6.45) is 3.35. The monoisotopic (exact) mass is 280 g/mol. The molecule has 5 heteroatoms. The van der Waals surface area contributed by atoms with Gasteiger partial charge in [0.05, 0.1) is 4.92 Å². The third-order valence-corrected chi connectivity index (χ3v) is 4.57. The molecule has 0 unspecified atom stereocenters. The number of halogens is 1. The van der Waals surface area contributed by atoms with Gasteiger partial charge in [-0.1, -0.05) is 32.4 Å². The molecule has 1 aromatic rings. The number of hydrogen-bond donors (Lipinski definition) is 0. The molecule has 1 aliphatic heterocycles. The van der Waals surface area contributed by atoms with Gasteiger partial charge in [0, 0.05) is 18.2 Å². The molecule has 0 amide bonds. The molecule has 0 radical (unpaired) electrons. The number of benzene rings is 1. The average molecular weight is 280 g/mol. The topological polar surface area (TPSA) is 46.4 Å². The highest BCUT2D eigenvalue weighted by Crippen LogP contribution is 2.34. The molecular formula is C15H21FN2O2. The predicted octanol–water partition coefficient (Wildman–Crippen LogP) is 3.75. The molecule has 0 aromatic heterocycles. The van der Waals surface area contributed by atoms with Crippen LogP contribution in [-0.2, 0) is 6.54 Å². The zero-order valence-electron chi connectivity index (χ0n) is 12.1. The lowest BCUT2D eigenvalue weighted by Gasteiger charge is -2.38. The summed E-state index contributed by atoms with van der Waals surface area (Å²) >= 11 is 0. The molecule has 0 aliphatic carbocycles. The summed E-state index contributed by atoms with van der Waals surface area (Å²) in [4.78, 5) is 12.3. The summed E-state index contributed by atoms with van der Waals surface area (Å²) < 4.78 is 14.0. The summed E-state index contributed by atoms with van der Waals surface area (Å²) in [6, 6.07) is 4.40. The number of nitrogens with zero attached hydrogens (tertiary/aromatic N) is 2. The molecule has 20 heavy (non-hydrogen) atoms. The number of hydrogen-bond acceptors (Lipinski definition) is 3. The first-order valence-electron chi connectivity index (χ1n) is 7.09. The lowest BCUT2D eigenvalue weighted by Crippen LogP contribution is -2.38. The van der Waals surface area contributed by atoms with Crippen LogP contribution < -0.4 is 0 Å². The Bertz CT molecular complexity index is 497. The van der Waals surface area contributed by atoms with Crippen LogP contribution in [0.25, 0.3) is 0 Å². The minimum absolute atomic E-state index is 0.387. The first kappa shape index (κ1) is 14.9. The van der Waals surface area contributed by atoms with E-state index in [9.17, 15) is 14.5 Å².